The van der Waals surface area contributed by atoms with Gasteiger partial charge in [0.2, 0.25) is 5.91 Å². The fourth-order valence-corrected chi connectivity index (χ4v) is 2.05. The average Bonchev–Trinajstić information content (AvgIpc) is 2.88. The quantitative estimate of drug-likeness (QED) is 0.860. The molecule has 0 aromatic heterocycles. The van der Waals surface area contributed by atoms with E-state index in [1.54, 1.807) is 0 Å². The number of amides is 1. The number of nitrogens with one attached hydrogen (secondary N) is 1. The molecule has 0 radical (unpaired) electrons. The van der Waals surface area contributed by atoms with Crippen LogP contribution in [0.2, 0.25) is 0 Å². The van der Waals surface area contributed by atoms with Crippen LogP contribution >= 0.6 is 0 Å². The van der Waals surface area contributed by atoms with E-state index in [0.29, 0.717) is 13.0 Å². The van der Waals surface area contributed by atoms with Gasteiger partial charge in [0, 0.05) is 18.7 Å². The lowest BCUT2D eigenvalue weighted by molar-refractivity contribution is -0.132. The maximum atomic E-state index is 13.3. The second kappa shape index (κ2) is 6.08. The average molecular weight is 270 g/mol. The predicted octanol–water partition coefficient (Wildman–Crippen LogP) is 1.09. The van der Waals surface area contributed by atoms with Gasteiger partial charge < -0.3 is 15.8 Å². The van der Waals surface area contributed by atoms with Crippen molar-refractivity contribution in [3.8, 4) is 0 Å². The molecule has 1 aromatic rings. The molecule has 2 atom stereocenters. The number of rotatable bonds is 4. The van der Waals surface area contributed by atoms with Gasteiger partial charge in [0.1, 0.15) is 17.7 Å². The lowest BCUT2D eigenvalue weighted by Crippen LogP contribution is -2.35. The number of halogens is 2. The van der Waals surface area contributed by atoms with Gasteiger partial charge in [0.25, 0.3) is 0 Å². The van der Waals surface area contributed by atoms with E-state index in [4.69, 9.17) is 10.5 Å². The zero-order valence-corrected chi connectivity index (χ0v) is 10.4. The number of carbonyl (C=O) groups excluding carboxylic acids is 1. The summed E-state index contributed by atoms with van der Waals surface area (Å²) in [5.41, 5.74) is 5.56. The summed E-state index contributed by atoms with van der Waals surface area (Å²) in [7, 11) is 0. The summed E-state index contributed by atoms with van der Waals surface area (Å²) in [5, 5.41) is 2.54. The Morgan fingerprint density at radius 2 is 2.21 bits per heavy atom. The first-order valence-corrected chi connectivity index (χ1v) is 6.17. The third kappa shape index (κ3) is 3.48. The van der Waals surface area contributed by atoms with Gasteiger partial charge in [-0.1, -0.05) is 0 Å². The fraction of sp³-hybridized carbons (Fsp3) is 0.462. The molecular formula is C13H16F2N2O2. The normalized spacial score (nSPS) is 22.5. The minimum Gasteiger partial charge on any atom is -0.364 e. The van der Waals surface area contributed by atoms with E-state index < -0.39 is 17.7 Å². The summed E-state index contributed by atoms with van der Waals surface area (Å²) >= 11 is 0. The first kappa shape index (κ1) is 13.9. The number of carbonyl (C=O) groups is 1. The van der Waals surface area contributed by atoms with Crippen LogP contribution in [0.4, 0.5) is 8.78 Å². The van der Waals surface area contributed by atoms with E-state index in [9.17, 15) is 13.6 Å². The monoisotopic (exact) mass is 270 g/mol. The molecule has 4 nitrogen and oxygen atoms in total. The topological polar surface area (TPSA) is 64.4 Å². The van der Waals surface area contributed by atoms with E-state index in [2.05, 4.69) is 5.32 Å². The molecule has 2 rings (SSSR count). The maximum absolute atomic E-state index is 13.3. The molecule has 1 heterocycles. The molecule has 1 saturated heterocycles. The number of hydrogen-bond donors (Lipinski definition) is 2. The van der Waals surface area contributed by atoms with Gasteiger partial charge in [0.15, 0.2) is 0 Å². The molecule has 1 aliphatic rings. The standard InChI is InChI=1S/C13H16F2N2O2/c14-9-1-3-11(15)8(5-9)7-17-13(18)12-4-2-10(6-16)19-12/h1,3,5,10,12H,2,4,6-7,16H2,(H,17,18). The minimum atomic E-state index is -0.551. The van der Waals surface area contributed by atoms with Crippen LogP contribution in [0.5, 0.6) is 0 Å². The van der Waals surface area contributed by atoms with Gasteiger partial charge in [-0.2, -0.15) is 0 Å². The van der Waals surface area contributed by atoms with Crippen LogP contribution in [0, 0.1) is 11.6 Å². The molecule has 1 aliphatic heterocycles. The van der Waals surface area contributed by atoms with Crippen molar-refractivity contribution < 1.29 is 18.3 Å². The molecule has 0 aliphatic carbocycles. The molecule has 19 heavy (non-hydrogen) atoms. The van der Waals surface area contributed by atoms with Crippen molar-refractivity contribution in [2.45, 2.75) is 31.6 Å². The summed E-state index contributed by atoms with van der Waals surface area (Å²) < 4.78 is 31.7. The highest BCUT2D eigenvalue weighted by molar-refractivity contribution is 5.81. The SMILES string of the molecule is NCC1CCC(C(=O)NCc2cc(F)ccc2F)O1. The number of hydrogen-bond acceptors (Lipinski definition) is 3. The molecule has 1 fully saturated rings. The summed E-state index contributed by atoms with van der Waals surface area (Å²) in [4.78, 5) is 11.8. The molecule has 0 spiro atoms. The van der Waals surface area contributed by atoms with Crippen molar-refractivity contribution in [1.82, 2.24) is 5.32 Å². The van der Waals surface area contributed by atoms with E-state index in [1.165, 1.54) is 0 Å². The van der Waals surface area contributed by atoms with E-state index >= 15 is 0 Å². The minimum absolute atomic E-state index is 0.0599. The van der Waals surface area contributed by atoms with E-state index in [0.717, 1.165) is 24.6 Å². The first-order chi connectivity index (χ1) is 9.10. The molecule has 104 valence electrons. The summed E-state index contributed by atoms with van der Waals surface area (Å²) in [6.45, 7) is 0.317. The van der Waals surface area contributed by atoms with Gasteiger partial charge in [-0.3, -0.25) is 4.79 Å². The zero-order chi connectivity index (χ0) is 13.8. The molecule has 1 aromatic carbocycles. The molecule has 2 unspecified atom stereocenters. The Morgan fingerprint density at radius 3 is 2.89 bits per heavy atom. The Balaban J connectivity index is 1.88. The highest BCUT2D eigenvalue weighted by Gasteiger charge is 2.29. The van der Waals surface area contributed by atoms with Crippen LogP contribution in [0.15, 0.2) is 18.2 Å². The Hall–Kier alpha value is -1.53. The maximum Gasteiger partial charge on any atom is 0.249 e. The smallest absolute Gasteiger partial charge is 0.249 e. The van der Waals surface area contributed by atoms with Crippen LogP contribution in [0.25, 0.3) is 0 Å². The Kier molecular flexibility index (Phi) is 4.44. The summed E-state index contributed by atoms with van der Waals surface area (Å²) in [6, 6.07) is 3.13. The number of ether oxygens (including phenoxy) is 1. The second-order valence-corrected chi connectivity index (χ2v) is 4.51. The highest BCUT2D eigenvalue weighted by Crippen LogP contribution is 2.19. The summed E-state index contributed by atoms with van der Waals surface area (Å²) in [6.07, 6.45) is 0.689. The van der Waals surface area contributed by atoms with Crippen molar-refractivity contribution >= 4 is 5.91 Å². The molecule has 6 heteroatoms. The number of nitrogens with two attached hydrogens (primary N) is 1. The third-order valence-electron chi connectivity index (χ3n) is 3.12. The predicted molar refractivity (Wildman–Crippen MR) is 65.2 cm³/mol. The van der Waals surface area contributed by atoms with Gasteiger partial charge in [-0.15, -0.1) is 0 Å². The van der Waals surface area contributed by atoms with Crippen LogP contribution in [0.3, 0.4) is 0 Å². The van der Waals surface area contributed by atoms with Crippen molar-refractivity contribution in [3.05, 3.63) is 35.4 Å². The van der Waals surface area contributed by atoms with Crippen molar-refractivity contribution in [3.63, 3.8) is 0 Å². The Morgan fingerprint density at radius 1 is 1.42 bits per heavy atom. The molecule has 0 bridgehead atoms. The van der Waals surface area contributed by atoms with E-state index in [1.807, 2.05) is 0 Å². The zero-order valence-electron chi connectivity index (χ0n) is 10.4. The number of benzene rings is 1. The van der Waals surface area contributed by atoms with Gasteiger partial charge in [0.05, 0.1) is 6.10 Å². The van der Waals surface area contributed by atoms with Gasteiger partial charge in [-0.05, 0) is 31.0 Å². The Labute approximate surface area is 109 Å². The van der Waals surface area contributed by atoms with Crippen molar-refractivity contribution in [2.24, 2.45) is 5.73 Å². The van der Waals surface area contributed by atoms with Crippen LogP contribution < -0.4 is 11.1 Å². The Bertz CT molecular complexity index is 468. The first-order valence-electron chi connectivity index (χ1n) is 6.17. The molecule has 0 saturated carbocycles. The van der Waals surface area contributed by atoms with Crippen molar-refractivity contribution in [1.29, 1.82) is 0 Å². The van der Waals surface area contributed by atoms with Crippen molar-refractivity contribution in [2.75, 3.05) is 6.54 Å². The van der Waals surface area contributed by atoms with E-state index in [-0.39, 0.29) is 24.1 Å². The molecule has 1 amide bonds. The van der Waals surface area contributed by atoms with Crippen LogP contribution in [-0.2, 0) is 16.1 Å². The lowest BCUT2D eigenvalue weighted by atomic mass is 10.1. The lowest BCUT2D eigenvalue weighted by Gasteiger charge is -2.13. The summed E-state index contributed by atoms with van der Waals surface area (Å²) in [5.74, 6) is -1.40. The molecular weight excluding hydrogens is 254 g/mol. The highest BCUT2D eigenvalue weighted by atomic mass is 19.1. The fourth-order valence-electron chi connectivity index (χ4n) is 2.05. The van der Waals surface area contributed by atoms with Gasteiger partial charge in [-0.25, -0.2) is 8.78 Å². The second-order valence-electron chi connectivity index (χ2n) is 4.51. The van der Waals surface area contributed by atoms with Crippen LogP contribution in [-0.4, -0.2) is 24.7 Å². The molecule has 3 N–H and O–H groups in total. The largest absolute Gasteiger partial charge is 0.364 e. The van der Waals surface area contributed by atoms with Gasteiger partial charge >= 0.3 is 0 Å². The third-order valence-corrected chi connectivity index (χ3v) is 3.12. The van der Waals surface area contributed by atoms with Crippen LogP contribution in [0.1, 0.15) is 18.4 Å².